The Hall–Kier alpha value is -2.04. The van der Waals surface area contributed by atoms with Crippen molar-refractivity contribution in [3.8, 4) is 11.5 Å². The van der Waals surface area contributed by atoms with E-state index in [1.165, 1.54) is 12.1 Å². The third-order valence-electron chi connectivity index (χ3n) is 1.74. The number of ether oxygens (including phenoxy) is 1. The molecule has 0 aliphatic carbocycles. The first-order chi connectivity index (χ1) is 6.11. The van der Waals surface area contributed by atoms with Gasteiger partial charge >= 0.3 is 11.9 Å². The zero-order chi connectivity index (χ0) is 9.59. The molecule has 2 N–H and O–H groups in total. The van der Waals surface area contributed by atoms with Gasteiger partial charge in [0.05, 0.1) is 5.56 Å². The van der Waals surface area contributed by atoms with E-state index in [4.69, 9.17) is 14.9 Å². The minimum atomic E-state index is -1.29. The summed E-state index contributed by atoms with van der Waals surface area (Å²) < 4.78 is 4.78. The summed E-state index contributed by atoms with van der Waals surface area (Å²) in [5, 5.41) is 17.3. The summed E-state index contributed by atoms with van der Waals surface area (Å²) in [6, 6.07) is 2.66. The second-order valence-electron chi connectivity index (χ2n) is 2.53. The highest BCUT2D eigenvalue weighted by Crippen LogP contribution is 2.49. The predicted octanol–water partition coefficient (Wildman–Crippen LogP) is 1.19. The lowest BCUT2D eigenvalue weighted by Crippen LogP contribution is -2.05. The maximum Gasteiger partial charge on any atom is 0.340 e. The van der Waals surface area contributed by atoms with Crippen LogP contribution in [0.3, 0.4) is 0 Å². The third kappa shape index (κ3) is 1.01. The average Bonchev–Trinajstić information content (AvgIpc) is 2.79. The van der Waals surface area contributed by atoms with Crippen molar-refractivity contribution in [1.29, 1.82) is 0 Å². The van der Waals surface area contributed by atoms with Gasteiger partial charge in [0.25, 0.3) is 0 Å². The number of carbonyl (C=O) groups is 2. The molecular formula is C8H4O5. The molecule has 0 bridgehead atoms. The molecule has 66 valence electrons. The van der Waals surface area contributed by atoms with Gasteiger partial charge < -0.3 is 14.9 Å². The molecule has 0 radical (unpaired) electrons. The van der Waals surface area contributed by atoms with Crippen molar-refractivity contribution in [2.45, 2.75) is 0 Å². The number of aromatic carboxylic acids is 2. The van der Waals surface area contributed by atoms with Gasteiger partial charge in [-0.25, -0.2) is 9.59 Å². The highest BCUT2D eigenvalue weighted by molar-refractivity contribution is 6.05. The Morgan fingerprint density at radius 3 is 2.38 bits per heavy atom. The molecule has 0 aromatic heterocycles. The molecule has 0 saturated carbocycles. The second kappa shape index (κ2) is 2.22. The van der Waals surface area contributed by atoms with Gasteiger partial charge in [-0.05, 0) is 12.1 Å². The summed E-state index contributed by atoms with van der Waals surface area (Å²) in [6.45, 7) is 0. The summed E-state index contributed by atoms with van der Waals surface area (Å²) in [6.07, 6.45) is 0. The molecule has 1 heterocycles. The molecule has 0 fully saturated rings. The van der Waals surface area contributed by atoms with Crippen molar-refractivity contribution in [3.63, 3.8) is 0 Å². The first-order valence-corrected chi connectivity index (χ1v) is 3.42. The largest absolute Gasteiger partial charge is 0.478 e. The van der Waals surface area contributed by atoms with Crippen molar-refractivity contribution < 1.29 is 24.5 Å². The van der Waals surface area contributed by atoms with E-state index in [9.17, 15) is 9.59 Å². The lowest BCUT2D eigenvalue weighted by Gasteiger charge is -1.95. The smallest absolute Gasteiger partial charge is 0.340 e. The standard InChI is InChI=1S/C8H4O5/c9-7(10)3-1-2-4-6(13-4)5(3)8(11)12/h1-2H,(H,9,10)(H,11,12). The molecule has 1 aliphatic rings. The number of hydrogen-bond acceptors (Lipinski definition) is 3. The van der Waals surface area contributed by atoms with Crippen molar-refractivity contribution in [2.75, 3.05) is 0 Å². The van der Waals surface area contributed by atoms with E-state index in [1.54, 1.807) is 0 Å². The first-order valence-electron chi connectivity index (χ1n) is 3.42. The van der Waals surface area contributed by atoms with E-state index in [1.807, 2.05) is 0 Å². The van der Waals surface area contributed by atoms with Crippen molar-refractivity contribution in [3.05, 3.63) is 23.3 Å². The zero-order valence-corrected chi connectivity index (χ0v) is 6.27. The van der Waals surface area contributed by atoms with Gasteiger partial charge in [-0.3, -0.25) is 0 Å². The van der Waals surface area contributed by atoms with Crippen LogP contribution in [-0.4, -0.2) is 22.2 Å². The maximum absolute atomic E-state index is 10.6. The number of benzene rings is 1. The Labute approximate surface area is 72.2 Å². The van der Waals surface area contributed by atoms with Crippen LogP contribution in [0.15, 0.2) is 12.1 Å². The normalized spacial score (nSPS) is 11.4. The molecule has 5 heteroatoms. The maximum atomic E-state index is 10.6. The Morgan fingerprint density at radius 1 is 1.15 bits per heavy atom. The first kappa shape index (κ1) is 7.60. The molecule has 5 nitrogen and oxygen atoms in total. The van der Waals surface area contributed by atoms with Gasteiger partial charge in [-0.15, -0.1) is 0 Å². The van der Waals surface area contributed by atoms with Gasteiger partial charge in [0, 0.05) is 0 Å². The van der Waals surface area contributed by atoms with Gasteiger partial charge in [0.1, 0.15) is 5.56 Å². The van der Waals surface area contributed by atoms with E-state index in [-0.39, 0.29) is 16.9 Å². The summed E-state index contributed by atoms with van der Waals surface area (Å²) in [5.74, 6) is -1.96. The topological polar surface area (TPSA) is 87.1 Å². The van der Waals surface area contributed by atoms with E-state index in [0.29, 0.717) is 5.75 Å². The molecule has 1 aromatic rings. The van der Waals surface area contributed by atoms with Crippen LogP contribution in [0.1, 0.15) is 20.7 Å². The third-order valence-corrected chi connectivity index (χ3v) is 1.74. The van der Waals surface area contributed by atoms with Crippen molar-refractivity contribution in [2.24, 2.45) is 0 Å². The second-order valence-corrected chi connectivity index (χ2v) is 2.53. The fourth-order valence-corrected chi connectivity index (χ4v) is 1.12. The van der Waals surface area contributed by atoms with Crippen molar-refractivity contribution in [1.82, 2.24) is 0 Å². The molecule has 13 heavy (non-hydrogen) atoms. The quantitative estimate of drug-likeness (QED) is 0.677. The monoisotopic (exact) mass is 180 g/mol. The van der Waals surface area contributed by atoms with E-state index in [2.05, 4.69) is 0 Å². The molecule has 0 amide bonds. The predicted molar refractivity (Wildman–Crippen MR) is 40.4 cm³/mol. The minimum Gasteiger partial charge on any atom is -0.478 e. The van der Waals surface area contributed by atoms with Crippen LogP contribution in [0.5, 0.6) is 11.5 Å². The fraction of sp³-hybridized carbons (Fsp3) is 0. The van der Waals surface area contributed by atoms with Gasteiger partial charge in [-0.2, -0.15) is 0 Å². The zero-order valence-electron chi connectivity index (χ0n) is 6.27. The van der Waals surface area contributed by atoms with Crippen LogP contribution in [0.25, 0.3) is 0 Å². The summed E-state index contributed by atoms with van der Waals surface area (Å²) in [5.41, 5.74) is -0.520. The van der Waals surface area contributed by atoms with Crippen molar-refractivity contribution >= 4 is 11.9 Å². The molecule has 0 spiro atoms. The molecule has 0 saturated heterocycles. The number of rotatable bonds is 2. The Balaban J connectivity index is 2.65. The Morgan fingerprint density at radius 2 is 1.85 bits per heavy atom. The molecule has 1 aromatic carbocycles. The summed E-state index contributed by atoms with van der Waals surface area (Å²) >= 11 is 0. The fourth-order valence-electron chi connectivity index (χ4n) is 1.12. The summed E-state index contributed by atoms with van der Waals surface area (Å²) in [4.78, 5) is 21.2. The molecule has 2 rings (SSSR count). The Bertz CT molecular complexity index is 421. The lowest BCUT2D eigenvalue weighted by molar-refractivity contribution is 0.0651. The van der Waals surface area contributed by atoms with E-state index in [0.717, 1.165) is 0 Å². The highest BCUT2D eigenvalue weighted by atomic mass is 16.6. The van der Waals surface area contributed by atoms with Gasteiger partial charge in [-0.1, -0.05) is 0 Å². The van der Waals surface area contributed by atoms with E-state index < -0.39 is 11.9 Å². The van der Waals surface area contributed by atoms with Crippen LogP contribution in [-0.2, 0) is 0 Å². The van der Waals surface area contributed by atoms with Crippen LogP contribution < -0.4 is 4.74 Å². The molecular weight excluding hydrogens is 176 g/mol. The van der Waals surface area contributed by atoms with Crippen LogP contribution in [0.2, 0.25) is 0 Å². The number of hydrogen-bond donors (Lipinski definition) is 2. The van der Waals surface area contributed by atoms with Crippen LogP contribution in [0.4, 0.5) is 0 Å². The van der Waals surface area contributed by atoms with Gasteiger partial charge in [0.2, 0.25) is 0 Å². The molecule has 1 aliphatic heterocycles. The van der Waals surface area contributed by atoms with Crippen LogP contribution in [0, 0.1) is 0 Å². The lowest BCUT2D eigenvalue weighted by atomic mass is 10.1. The average molecular weight is 180 g/mol. The number of carboxylic acid groups (broad SMARTS) is 2. The molecule has 0 atom stereocenters. The number of fused-ring (bicyclic) bond motifs is 1. The highest BCUT2D eigenvalue weighted by Gasteiger charge is 2.32. The van der Waals surface area contributed by atoms with Gasteiger partial charge in [0.15, 0.2) is 11.5 Å². The molecule has 0 unspecified atom stereocenters. The Kier molecular flexibility index (Phi) is 1.30. The van der Waals surface area contributed by atoms with E-state index >= 15 is 0 Å². The summed E-state index contributed by atoms with van der Waals surface area (Å²) in [7, 11) is 0. The SMILES string of the molecule is O=C(O)c1ccc2c(c1C(=O)O)O2. The van der Waals surface area contributed by atoms with Crippen LogP contribution >= 0.6 is 0 Å². The number of carboxylic acids is 2. The minimum absolute atomic E-state index is 0.160.